The van der Waals surface area contributed by atoms with E-state index in [1.807, 2.05) is 24.3 Å². The number of aliphatic hydroxyl groups is 1. The molecule has 0 radical (unpaired) electrons. The second kappa shape index (κ2) is 5.00. The summed E-state index contributed by atoms with van der Waals surface area (Å²) in [5.41, 5.74) is 7.17. The molecule has 0 heterocycles. The summed E-state index contributed by atoms with van der Waals surface area (Å²) in [7, 11) is 0. The summed E-state index contributed by atoms with van der Waals surface area (Å²) >= 11 is 0. The number of fused-ring (bicyclic) bond motifs is 2. The lowest BCUT2D eigenvalue weighted by atomic mass is 9.93. The molecule has 3 N–H and O–H groups in total. The second-order valence-corrected chi connectivity index (χ2v) is 4.94. The first kappa shape index (κ1) is 12.2. The molecule has 0 fully saturated rings. The SMILES string of the molecule is NC(CO)Cc1c2ccccc2cc2ccccc12. The van der Waals surface area contributed by atoms with Crippen molar-refractivity contribution in [1.82, 2.24) is 0 Å². The summed E-state index contributed by atoms with van der Waals surface area (Å²) in [5.74, 6) is 0. The highest BCUT2D eigenvalue weighted by molar-refractivity contribution is 6.02. The van der Waals surface area contributed by atoms with Crippen LogP contribution >= 0.6 is 0 Å². The highest BCUT2D eigenvalue weighted by Crippen LogP contribution is 2.29. The van der Waals surface area contributed by atoms with Crippen molar-refractivity contribution < 1.29 is 5.11 Å². The third kappa shape index (κ3) is 2.21. The lowest BCUT2D eigenvalue weighted by Crippen LogP contribution is -2.27. The zero-order chi connectivity index (χ0) is 13.2. The van der Waals surface area contributed by atoms with Gasteiger partial charge in [-0.05, 0) is 39.6 Å². The first-order chi connectivity index (χ1) is 9.29. The molecule has 2 heteroatoms. The van der Waals surface area contributed by atoms with Crippen LogP contribution in [0.5, 0.6) is 0 Å². The molecule has 3 aromatic carbocycles. The molecule has 19 heavy (non-hydrogen) atoms. The Labute approximate surface area is 112 Å². The number of rotatable bonds is 3. The monoisotopic (exact) mass is 251 g/mol. The number of nitrogens with two attached hydrogens (primary N) is 1. The van der Waals surface area contributed by atoms with Crippen LogP contribution in [0.15, 0.2) is 54.6 Å². The van der Waals surface area contributed by atoms with Crippen LogP contribution in [-0.4, -0.2) is 17.8 Å². The summed E-state index contributed by atoms with van der Waals surface area (Å²) in [6, 6.07) is 18.7. The third-order valence-electron chi connectivity index (χ3n) is 3.58. The number of aliphatic hydroxyl groups excluding tert-OH is 1. The van der Waals surface area contributed by atoms with Crippen molar-refractivity contribution >= 4 is 21.5 Å². The smallest absolute Gasteiger partial charge is 0.0585 e. The summed E-state index contributed by atoms with van der Waals surface area (Å²) in [6.07, 6.45) is 0.693. The lowest BCUT2D eigenvalue weighted by Gasteiger charge is -2.14. The average molecular weight is 251 g/mol. The van der Waals surface area contributed by atoms with E-state index in [1.54, 1.807) is 0 Å². The van der Waals surface area contributed by atoms with Crippen molar-refractivity contribution in [2.75, 3.05) is 6.61 Å². The van der Waals surface area contributed by atoms with E-state index in [4.69, 9.17) is 5.73 Å². The molecule has 0 spiro atoms. The molecule has 0 bridgehead atoms. The standard InChI is InChI=1S/C17H17NO/c18-14(11-19)10-17-15-7-3-1-5-12(15)9-13-6-2-4-8-16(13)17/h1-9,14,19H,10-11,18H2. The van der Waals surface area contributed by atoms with Gasteiger partial charge in [-0.15, -0.1) is 0 Å². The van der Waals surface area contributed by atoms with Gasteiger partial charge < -0.3 is 10.8 Å². The molecule has 1 atom stereocenters. The van der Waals surface area contributed by atoms with Crippen molar-refractivity contribution in [1.29, 1.82) is 0 Å². The largest absolute Gasteiger partial charge is 0.395 e. The lowest BCUT2D eigenvalue weighted by molar-refractivity contribution is 0.265. The Morgan fingerprint density at radius 2 is 1.42 bits per heavy atom. The number of hydrogen-bond acceptors (Lipinski definition) is 2. The molecule has 0 amide bonds. The summed E-state index contributed by atoms with van der Waals surface area (Å²) in [5, 5.41) is 14.1. The predicted octanol–water partition coefficient (Wildman–Crippen LogP) is 2.86. The van der Waals surface area contributed by atoms with Crippen LogP contribution in [0.2, 0.25) is 0 Å². The summed E-state index contributed by atoms with van der Waals surface area (Å²) < 4.78 is 0. The molecule has 3 aromatic rings. The first-order valence-corrected chi connectivity index (χ1v) is 6.55. The van der Waals surface area contributed by atoms with Gasteiger partial charge in [0.2, 0.25) is 0 Å². The Morgan fingerprint density at radius 3 is 1.95 bits per heavy atom. The third-order valence-corrected chi connectivity index (χ3v) is 3.58. The van der Waals surface area contributed by atoms with Crippen molar-refractivity contribution in [3.05, 3.63) is 60.2 Å². The Morgan fingerprint density at radius 1 is 0.895 bits per heavy atom. The van der Waals surface area contributed by atoms with E-state index in [1.165, 1.54) is 27.1 Å². The molecule has 0 aromatic heterocycles. The van der Waals surface area contributed by atoms with E-state index in [0.717, 1.165) is 0 Å². The molecule has 0 saturated heterocycles. The Hall–Kier alpha value is -1.90. The van der Waals surface area contributed by atoms with Gasteiger partial charge >= 0.3 is 0 Å². The fraction of sp³-hybridized carbons (Fsp3) is 0.176. The highest BCUT2D eigenvalue weighted by atomic mass is 16.3. The average Bonchev–Trinajstić information content (AvgIpc) is 2.46. The minimum absolute atomic E-state index is 0.0115. The Kier molecular flexibility index (Phi) is 3.20. The van der Waals surface area contributed by atoms with Crippen LogP contribution in [0, 0.1) is 0 Å². The minimum atomic E-state index is -0.214. The Balaban J connectivity index is 2.33. The van der Waals surface area contributed by atoms with Gasteiger partial charge in [-0.3, -0.25) is 0 Å². The molecular formula is C17H17NO. The van der Waals surface area contributed by atoms with Crippen molar-refractivity contribution in [3.8, 4) is 0 Å². The maximum absolute atomic E-state index is 9.22. The fourth-order valence-electron chi connectivity index (χ4n) is 2.65. The van der Waals surface area contributed by atoms with Gasteiger partial charge in [0.15, 0.2) is 0 Å². The van der Waals surface area contributed by atoms with Gasteiger partial charge in [0, 0.05) is 6.04 Å². The van der Waals surface area contributed by atoms with Gasteiger partial charge in [-0.1, -0.05) is 48.5 Å². The van der Waals surface area contributed by atoms with E-state index < -0.39 is 0 Å². The van der Waals surface area contributed by atoms with Gasteiger partial charge in [0.25, 0.3) is 0 Å². The van der Waals surface area contributed by atoms with Crippen LogP contribution in [0.25, 0.3) is 21.5 Å². The molecule has 0 aliphatic carbocycles. The second-order valence-electron chi connectivity index (χ2n) is 4.94. The van der Waals surface area contributed by atoms with Crippen LogP contribution in [-0.2, 0) is 6.42 Å². The predicted molar refractivity (Wildman–Crippen MR) is 80.2 cm³/mol. The highest BCUT2D eigenvalue weighted by Gasteiger charge is 2.10. The summed E-state index contributed by atoms with van der Waals surface area (Å²) in [6.45, 7) is 0.0115. The van der Waals surface area contributed by atoms with Gasteiger partial charge in [0.1, 0.15) is 0 Å². The zero-order valence-electron chi connectivity index (χ0n) is 10.7. The minimum Gasteiger partial charge on any atom is -0.395 e. The van der Waals surface area contributed by atoms with E-state index in [0.29, 0.717) is 6.42 Å². The van der Waals surface area contributed by atoms with Crippen LogP contribution in [0.3, 0.4) is 0 Å². The number of benzene rings is 3. The number of hydrogen-bond donors (Lipinski definition) is 2. The van der Waals surface area contributed by atoms with Crippen LogP contribution in [0.4, 0.5) is 0 Å². The van der Waals surface area contributed by atoms with E-state index in [9.17, 15) is 5.11 Å². The molecule has 96 valence electrons. The first-order valence-electron chi connectivity index (χ1n) is 6.55. The van der Waals surface area contributed by atoms with E-state index in [-0.39, 0.29) is 12.6 Å². The molecule has 0 aliphatic rings. The maximum Gasteiger partial charge on any atom is 0.0585 e. The molecule has 0 saturated carbocycles. The van der Waals surface area contributed by atoms with Crippen LogP contribution in [0.1, 0.15) is 5.56 Å². The summed E-state index contributed by atoms with van der Waals surface area (Å²) in [4.78, 5) is 0. The molecular weight excluding hydrogens is 234 g/mol. The molecule has 3 rings (SSSR count). The topological polar surface area (TPSA) is 46.2 Å². The van der Waals surface area contributed by atoms with Crippen molar-refractivity contribution in [2.45, 2.75) is 12.5 Å². The van der Waals surface area contributed by atoms with Crippen LogP contribution < -0.4 is 5.73 Å². The van der Waals surface area contributed by atoms with E-state index in [2.05, 4.69) is 30.3 Å². The molecule has 2 nitrogen and oxygen atoms in total. The maximum atomic E-state index is 9.22. The quantitative estimate of drug-likeness (QED) is 0.703. The zero-order valence-corrected chi connectivity index (χ0v) is 10.7. The van der Waals surface area contributed by atoms with Gasteiger partial charge in [-0.2, -0.15) is 0 Å². The van der Waals surface area contributed by atoms with Crippen molar-refractivity contribution in [3.63, 3.8) is 0 Å². The van der Waals surface area contributed by atoms with E-state index >= 15 is 0 Å². The van der Waals surface area contributed by atoms with Gasteiger partial charge in [-0.25, -0.2) is 0 Å². The fourth-order valence-corrected chi connectivity index (χ4v) is 2.65. The molecule has 0 aliphatic heterocycles. The van der Waals surface area contributed by atoms with Gasteiger partial charge in [0.05, 0.1) is 6.61 Å². The Bertz CT molecular complexity index is 667. The normalized spacial score (nSPS) is 12.9. The van der Waals surface area contributed by atoms with Crippen molar-refractivity contribution in [2.24, 2.45) is 5.73 Å². The molecule has 1 unspecified atom stereocenters.